The van der Waals surface area contributed by atoms with Gasteiger partial charge in [0.2, 0.25) is 0 Å². The third-order valence-corrected chi connectivity index (χ3v) is 5.23. The van der Waals surface area contributed by atoms with Crippen LogP contribution in [0.3, 0.4) is 0 Å². The largest absolute Gasteiger partial charge is 0.380 e. The van der Waals surface area contributed by atoms with Crippen LogP contribution >= 0.6 is 0 Å². The number of halogens is 1. The van der Waals surface area contributed by atoms with E-state index in [4.69, 9.17) is 4.74 Å². The number of ether oxygens (including phenoxy) is 1. The van der Waals surface area contributed by atoms with Gasteiger partial charge in [0.05, 0.1) is 16.8 Å². The number of nitrogens with one attached hydrogen (secondary N) is 1. The van der Waals surface area contributed by atoms with Crippen molar-refractivity contribution in [1.29, 1.82) is 0 Å². The fourth-order valence-corrected chi connectivity index (χ4v) is 3.82. The van der Waals surface area contributed by atoms with Gasteiger partial charge in [0.15, 0.2) is 9.84 Å². The molecule has 2 atom stereocenters. The Morgan fingerprint density at radius 2 is 2.26 bits per heavy atom. The predicted octanol–water partition coefficient (Wildman–Crippen LogP) is 1.67. The molecule has 0 fully saturated rings. The van der Waals surface area contributed by atoms with E-state index in [-0.39, 0.29) is 22.8 Å². The fourth-order valence-electron chi connectivity index (χ4n) is 2.22. The van der Waals surface area contributed by atoms with Gasteiger partial charge < -0.3 is 10.1 Å². The van der Waals surface area contributed by atoms with Gasteiger partial charge in [0.1, 0.15) is 5.82 Å². The van der Waals surface area contributed by atoms with Gasteiger partial charge in [0, 0.05) is 19.7 Å². The van der Waals surface area contributed by atoms with Crippen molar-refractivity contribution in [3.63, 3.8) is 0 Å². The van der Waals surface area contributed by atoms with Gasteiger partial charge in [-0.05, 0) is 37.1 Å². The molecule has 2 rings (SSSR count). The zero-order valence-corrected chi connectivity index (χ0v) is 11.8. The predicted molar refractivity (Wildman–Crippen MR) is 70.3 cm³/mol. The lowest BCUT2D eigenvalue weighted by atomic mass is 10.0. The van der Waals surface area contributed by atoms with Gasteiger partial charge in [-0.3, -0.25) is 0 Å². The van der Waals surface area contributed by atoms with E-state index in [1.807, 2.05) is 6.92 Å². The topological polar surface area (TPSA) is 55.4 Å². The minimum absolute atomic E-state index is 0.0237. The molecule has 1 aliphatic heterocycles. The summed E-state index contributed by atoms with van der Waals surface area (Å²) in [5, 5.41) is 3.24. The molecule has 19 heavy (non-hydrogen) atoms. The average molecular weight is 287 g/mol. The molecule has 0 bridgehead atoms. The molecule has 6 heteroatoms. The molecule has 1 aliphatic rings. The number of fused-ring (bicyclic) bond motifs is 1. The normalized spacial score (nSPS) is 22.8. The monoisotopic (exact) mass is 287 g/mol. The van der Waals surface area contributed by atoms with Crippen LogP contribution in [0.1, 0.15) is 24.9 Å². The summed E-state index contributed by atoms with van der Waals surface area (Å²) in [6.07, 6.45) is 0.477. The first-order valence-electron chi connectivity index (χ1n) is 6.22. The lowest BCUT2D eigenvalue weighted by molar-refractivity contribution is 0.114. The third kappa shape index (κ3) is 3.13. The highest BCUT2D eigenvalue weighted by Gasteiger charge is 2.30. The van der Waals surface area contributed by atoms with Crippen LogP contribution in [-0.2, 0) is 14.6 Å². The van der Waals surface area contributed by atoms with Crippen LogP contribution < -0.4 is 5.32 Å². The number of rotatable bonds is 4. The number of benzene rings is 1. The second kappa shape index (κ2) is 5.56. The summed E-state index contributed by atoms with van der Waals surface area (Å²) in [7, 11) is -1.66. The summed E-state index contributed by atoms with van der Waals surface area (Å²) in [5.41, 5.74) is 0.523. The third-order valence-electron chi connectivity index (χ3n) is 3.41. The molecule has 0 saturated carbocycles. The quantitative estimate of drug-likeness (QED) is 0.856. The second-order valence-electron chi connectivity index (χ2n) is 4.80. The van der Waals surface area contributed by atoms with Gasteiger partial charge in [-0.1, -0.05) is 0 Å². The molecule has 0 aliphatic carbocycles. The van der Waals surface area contributed by atoms with E-state index in [1.165, 1.54) is 18.2 Å². The Bertz CT molecular complexity index is 559. The zero-order valence-electron chi connectivity index (χ0n) is 11.0. The van der Waals surface area contributed by atoms with Crippen molar-refractivity contribution in [1.82, 2.24) is 5.32 Å². The molecule has 1 heterocycles. The molecule has 106 valence electrons. The Kier molecular flexibility index (Phi) is 4.23. The minimum Gasteiger partial charge on any atom is -0.380 e. The van der Waals surface area contributed by atoms with Gasteiger partial charge in [0.25, 0.3) is 0 Å². The SMILES string of the molecule is COC(C)CNC1CCS(=O)(=O)c2ccc(F)cc21. The fraction of sp³-hybridized carbons (Fsp3) is 0.538. The molecule has 0 aromatic heterocycles. The Labute approximate surface area is 112 Å². The Hall–Kier alpha value is -0.980. The van der Waals surface area contributed by atoms with Crippen molar-refractivity contribution >= 4 is 9.84 Å². The lowest BCUT2D eigenvalue weighted by Gasteiger charge is -2.27. The molecule has 1 N–H and O–H groups in total. The summed E-state index contributed by atoms with van der Waals surface area (Å²) < 4.78 is 42.4. The Morgan fingerprint density at radius 3 is 2.95 bits per heavy atom. The van der Waals surface area contributed by atoms with Crippen LogP contribution in [0.2, 0.25) is 0 Å². The standard InChI is InChI=1S/C13H18FNO3S/c1-9(18-2)8-15-12-5-6-19(16,17)13-4-3-10(14)7-11(12)13/h3-4,7,9,12,15H,5-6,8H2,1-2H3. The van der Waals surface area contributed by atoms with E-state index in [2.05, 4.69) is 5.32 Å². The van der Waals surface area contributed by atoms with E-state index in [0.29, 0.717) is 18.5 Å². The number of hydrogen-bond acceptors (Lipinski definition) is 4. The Balaban J connectivity index is 2.27. The molecular formula is C13H18FNO3S. The molecule has 0 saturated heterocycles. The molecular weight excluding hydrogens is 269 g/mol. The number of sulfone groups is 1. The van der Waals surface area contributed by atoms with Crippen LogP contribution in [0.25, 0.3) is 0 Å². The van der Waals surface area contributed by atoms with E-state index in [1.54, 1.807) is 7.11 Å². The molecule has 0 spiro atoms. The van der Waals surface area contributed by atoms with Crippen molar-refractivity contribution in [3.8, 4) is 0 Å². The molecule has 2 unspecified atom stereocenters. The molecule has 1 aromatic rings. The second-order valence-corrected chi connectivity index (χ2v) is 6.87. The molecule has 1 aromatic carbocycles. The van der Waals surface area contributed by atoms with Crippen molar-refractivity contribution in [2.75, 3.05) is 19.4 Å². The van der Waals surface area contributed by atoms with Crippen LogP contribution in [-0.4, -0.2) is 33.9 Å². The maximum absolute atomic E-state index is 13.3. The van der Waals surface area contributed by atoms with E-state index < -0.39 is 15.7 Å². The van der Waals surface area contributed by atoms with Crippen molar-refractivity contribution < 1.29 is 17.5 Å². The summed E-state index contributed by atoms with van der Waals surface area (Å²) in [4.78, 5) is 0.239. The average Bonchev–Trinajstić information content (AvgIpc) is 2.37. The van der Waals surface area contributed by atoms with Crippen LogP contribution in [0, 0.1) is 5.82 Å². The maximum atomic E-state index is 13.3. The van der Waals surface area contributed by atoms with Gasteiger partial charge >= 0.3 is 0 Å². The zero-order chi connectivity index (χ0) is 14.0. The highest BCUT2D eigenvalue weighted by Crippen LogP contribution is 2.32. The van der Waals surface area contributed by atoms with Crippen molar-refractivity contribution in [2.24, 2.45) is 0 Å². The summed E-state index contributed by atoms with van der Waals surface area (Å²) in [6, 6.07) is 3.71. The summed E-state index contributed by atoms with van der Waals surface area (Å²) in [6.45, 7) is 2.51. The van der Waals surface area contributed by atoms with Gasteiger partial charge in [-0.2, -0.15) is 0 Å². The van der Waals surface area contributed by atoms with E-state index >= 15 is 0 Å². The summed E-state index contributed by atoms with van der Waals surface area (Å²) >= 11 is 0. The van der Waals surface area contributed by atoms with E-state index in [9.17, 15) is 12.8 Å². The first kappa shape index (κ1) is 14.4. The first-order valence-corrected chi connectivity index (χ1v) is 7.87. The molecule has 0 amide bonds. The number of methoxy groups -OCH3 is 1. The van der Waals surface area contributed by atoms with Crippen LogP contribution in [0.5, 0.6) is 0 Å². The van der Waals surface area contributed by atoms with Gasteiger partial charge in [-0.15, -0.1) is 0 Å². The van der Waals surface area contributed by atoms with Gasteiger partial charge in [-0.25, -0.2) is 12.8 Å². The lowest BCUT2D eigenvalue weighted by Crippen LogP contribution is -2.34. The van der Waals surface area contributed by atoms with Crippen LogP contribution in [0.15, 0.2) is 23.1 Å². The highest BCUT2D eigenvalue weighted by atomic mass is 32.2. The van der Waals surface area contributed by atoms with Crippen LogP contribution in [0.4, 0.5) is 4.39 Å². The number of hydrogen-bond donors (Lipinski definition) is 1. The molecule has 4 nitrogen and oxygen atoms in total. The van der Waals surface area contributed by atoms with Crippen molar-refractivity contribution in [2.45, 2.75) is 30.4 Å². The smallest absolute Gasteiger partial charge is 0.178 e. The van der Waals surface area contributed by atoms with Crippen molar-refractivity contribution in [3.05, 3.63) is 29.6 Å². The minimum atomic E-state index is -3.27. The Morgan fingerprint density at radius 1 is 1.53 bits per heavy atom. The maximum Gasteiger partial charge on any atom is 0.178 e. The van der Waals surface area contributed by atoms with E-state index in [0.717, 1.165) is 0 Å². The first-order chi connectivity index (χ1) is 8.94. The molecule has 0 radical (unpaired) electrons. The highest BCUT2D eigenvalue weighted by molar-refractivity contribution is 7.91. The summed E-state index contributed by atoms with van der Waals surface area (Å²) in [5.74, 6) is -0.326.